The summed E-state index contributed by atoms with van der Waals surface area (Å²) in [5, 5.41) is 2.26. The van der Waals surface area contributed by atoms with Gasteiger partial charge in [-0.2, -0.15) is 0 Å². The van der Waals surface area contributed by atoms with E-state index >= 15 is 0 Å². The van der Waals surface area contributed by atoms with Crippen molar-refractivity contribution in [1.29, 1.82) is 0 Å². The van der Waals surface area contributed by atoms with Crippen LogP contribution in [0.1, 0.15) is 24.1 Å². The van der Waals surface area contributed by atoms with Crippen molar-refractivity contribution in [1.82, 2.24) is 4.58 Å². The summed E-state index contributed by atoms with van der Waals surface area (Å²) >= 11 is 3.84. The van der Waals surface area contributed by atoms with Gasteiger partial charge in [-0.3, -0.25) is 0 Å². The first kappa shape index (κ1) is 16.9. The van der Waals surface area contributed by atoms with Crippen LogP contribution in [-0.2, 0) is 0 Å². The molecule has 19 heavy (non-hydrogen) atoms. The summed E-state index contributed by atoms with van der Waals surface area (Å²) in [6.07, 6.45) is 4.18. The van der Waals surface area contributed by atoms with Gasteiger partial charge in [-0.25, -0.2) is 4.58 Å². The Hall–Kier alpha value is -0.140. The zero-order valence-electron chi connectivity index (χ0n) is 10.1. The fraction of sp³-hybridized carbons (Fsp3) is 0.667. The first-order chi connectivity index (χ1) is 8.31. The summed E-state index contributed by atoms with van der Waals surface area (Å²) in [6, 6.07) is 0. The molecule has 0 amide bonds. The Kier molecular flexibility index (Phi) is 4.45. The molecular formula is C9H14F6NPS2. The van der Waals surface area contributed by atoms with Crippen molar-refractivity contribution < 1.29 is 25.2 Å². The van der Waals surface area contributed by atoms with Crippen LogP contribution < -0.4 is 8.56 Å². The number of halogens is 6. The zero-order valence-corrected chi connectivity index (χ0v) is 12.6. The molecule has 0 spiro atoms. The number of piperidine rings is 1. The van der Waals surface area contributed by atoms with Crippen molar-refractivity contribution in [3.63, 3.8) is 0 Å². The van der Waals surface area contributed by atoms with E-state index in [1.165, 1.54) is 41.2 Å². The molecule has 0 unspecified atom stereocenters. The second-order valence-electron chi connectivity index (χ2n) is 4.22. The molecule has 1 aliphatic heterocycles. The Morgan fingerprint density at radius 1 is 1.00 bits per heavy atom. The number of nitrogens with zero attached hydrogens (tertiary/aromatic N) is 1. The van der Waals surface area contributed by atoms with E-state index < -0.39 is 7.81 Å². The number of hydrogen-bond donors (Lipinski definition) is 0. The molecule has 1 aromatic heterocycles. The van der Waals surface area contributed by atoms with Crippen LogP contribution in [0.4, 0.5) is 25.2 Å². The molecular weight excluding hydrogens is 331 g/mol. The Labute approximate surface area is 114 Å². The molecule has 0 aliphatic carbocycles. The maximum atomic E-state index is 9.87. The molecule has 10 heteroatoms. The number of aryl methyl sites for hydroxylation is 1. The zero-order chi connectivity index (χ0) is 14.8. The van der Waals surface area contributed by atoms with Gasteiger partial charge < -0.3 is 0 Å². The van der Waals surface area contributed by atoms with Crippen molar-refractivity contribution in [2.45, 2.75) is 26.2 Å². The van der Waals surface area contributed by atoms with E-state index in [2.05, 4.69) is 16.9 Å². The predicted molar refractivity (Wildman–Crippen MR) is 69.4 cm³/mol. The molecule has 0 aromatic carbocycles. The summed E-state index contributed by atoms with van der Waals surface area (Å²) in [5.41, 5.74) is 0. The Morgan fingerprint density at radius 3 is 1.84 bits per heavy atom. The first-order valence-electron chi connectivity index (χ1n) is 5.51. The number of hydrogen-bond acceptors (Lipinski definition) is 2. The summed E-state index contributed by atoms with van der Waals surface area (Å²) in [6.45, 7) is 4.74. The second-order valence-corrected chi connectivity index (χ2v) is 8.49. The van der Waals surface area contributed by atoms with Crippen molar-refractivity contribution in [2.24, 2.45) is 0 Å². The van der Waals surface area contributed by atoms with E-state index in [-0.39, 0.29) is 0 Å². The summed E-state index contributed by atoms with van der Waals surface area (Å²) < 4.78 is 63.2. The third kappa shape index (κ3) is 10.3. The molecule has 1 nitrogen and oxygen atoms in total. The Morgan fingerprint density at radius 2 is 1.47 bits per heavy atom. The summed E-state index contributed by atoms with van der Waals surface area (Å²) in [5.74, 6) is 0. The van der Waals surface area contributed by atoms with E-state index in [4.69, 9.17) is 0 Å². The maximum absolute atomic E-state index is 10.7. The molecule has 0 N–H and O–H groups in total. The standard InChI is InChI=1S/C9H14NS2.F6P/c1-8-7-11-9(12-8)10-5-3-2-4-6-10;1-7(2,3,4,5)6/h7H,2-6H2,1H3;/q+1;-1. The van der Waals surface area contributed by atoms with Gasteiger partial charge in [0.25, 0.3) is 0 Å². The van der Waals surface area contributed by atoms with Gasteiger partial charge in [0.1, 0.15) is 13.1 Å². The normalized spacial score (nSPS) is 20.1. The van der Waals surface area contributed by atoms with E-state index in [1.54, 1.807) is 0 Å². The minimum atomic E-state index is -10.7. The first-order valence-corrected chi connectivity index (χ1v) is 9.23. The van der Waals surface area contributed by atoms with Crippen molar-refractivity contribution in [3.05, 3.63) is 14.2 Å². The van der Waals surface area contributed by atoms with Crippen LogP contribution in [-0.4, -0.2) is 13.1 Å². The average Bonchev–Trinajstić information content (AvgIpc) is 2.61. The van der Waals surface area contributed by atoms with Gasteiger partial charge in [-0.15, -0.1) is 0 Å². The van der Waals surface area contributed by atoms with Gasteiger partial charge in [-0.1, -0.05) is 22.7 Å². The topological polar surface area (TPSA) is 3.01 Å². The van der Waals surface area contributed by atoms with E-state index in [1.807, 2.05) is 22.7 Å². The summed E-state index contributed by atoms with van der Waals surface area (Å²) in [7, 11) is -10.7. The molecule has 1 saturated heterocycles. The van der Waals surface area contributed by atoms with Gasteiger partial charge in [0.2, 0.25) is 0 Å². The molecule has 2 rings (SSSR count). The van der Waals surface area contributed by atoms with Crippen molar-refractivity contribution in [2.75, 3.05) is 13.1 Å². The monoisotopic (exact) mass is 345 g/mol. The van der Waals surface area contributed by atoms with Gasteiger partial charge >= 0.3 is 37.0 Å². The van der Waals surface area contributed by atoms with E-state index in [0.717, 1.165) is 0 Å². The number of rotatable bonds is 0. The molecule has 0 saturated carbocycles. The van der Waals surface area contributed by atoms with Gasteiger partial charge in [0.15, 0.2) is 0 Å². The quantitative estimate of drug-likeness (QED) is 0.334. The van der Waals surface area contributed by atoms with Gasteiger partial charge in [-0.05, 0) is 13.3 Å². The van der Waals surface area contributed by atoms with Crippen LogP contribution in [0.3, 0.4) is 0 Å². The van der Waals surface area contributed by atoms with E-state index in [0.29, 0.717) is 0 Å². The average molecular weight is 345 g/mol. The molecule has 1 aliphatic rings. The third-order valence-electron chi connectivity index (χ3n) is 2.19. The van der Waals surface area contributed by atoms with Crippen molar-refractivity contribution >= 4 is 30.5 Å². The second kappa shape index (κ2) is 5.00. The molecule has 1 fully saturated rings. The van der Waals surface area contributed by atoms with Crippen LogP contribution in [0, 0.1) is 6.92 Å². The van der Waals surface area contributed by atoms with E-state index in [9.17, 15) is 25.2 Å². The van der Waals surface area contributed by atoms with Crippen LogP contribution in [0.15, 0.2) is 5.38 Å². The third-order valence-corrected chi connectivity index (χ3v) is 4.68. The SMILES string of the molecule is Cc1csc(=[N+]2CCCCC2)s1.F[P-](F)(F)(F)(F)F. The fourth-order valence-corrected chi connectivity index (χ4v) is 3.79. The molecule has 1 aromatic rings. The molecule has 2 heterocycles. The van der Waals surface area contributed by atoms with Crippen LogP contribution in [0.5, 0.6) is 0 Å². The van der Waals surface area contributed by atoms with Crippen LogP contribution >= 0.6 is 30.5 Å². The molecule has 0 radical (unpaired) electrons. The Balaban J connectivity index is 0.000000224. The van der Waals surface area contributed by atoms with Gasteiger partial charge in [0.05, 0.1) is 0 Å². The summed E-state index contributed by atoms with van der Waals surface area (Å²) in [4.78, 5) is 1.44. The predicted octanol–water partition coefficient (Wildman–Crippen LogP) is 5.46. The molecule has 114 valence electrons. The molecule has 0 bridgehead atoms. The Bertz CT molecular complexity index is 480. The van der Waals surface area contributed by atoms with Gasteiger partial charge in [0, 0.05) is 23.1 Å². The fourth-order valence-electron chi connectivity index (χ4n) is 1.53. The van der Waals surface area contributed by atoms with Crippen LogP contribution in [0.2, 0.25) is 0 Å². The molecule has 0 atom stereocenters. The van der Waals surface area contributed by atoms with Crippen LogP contribution in [0.25, 0.3) is 0 Å². The van der Waals surface area contributed by atoms with Crippen molar-refractivity contribution in [3.8, 4) is 0 Å². The minimum absolute atomic E-state index is 1.27.